The van der Waals surface area contributed by atoms with Crippen LogP contribution in [-0.4, -0.2) is 25.0 Å². The maximum absolute atomic E-state index is 11.5. The van der Waals surface area contributed by atoms with Crippen molar-refractivity contribution in [2.45, 2.75) is 25.7 Å². The SMILES string of the molecule is COCOc1cccc(C(C(=O)O)=C2CCCC2)c1. The first kappa shape index (κ1) is 13.6. The largest absolute Gasteiger partial charge is 0.478 e. The Hall–Kier alpha value is -1.81. The number of carbonyl (C=O) groups is 1. The van der Waals surface area contributed by atoms with Gasteiger partial charge in [-0.15, -0.1) is 0 Å². The van der Waals surface area contributed by atoms with Crippen molar-refractivity contribution in [3.63, 3.8) is 0 Å². The minimum absolute atomic E-state index is 0.155. The molecule has 0 spiro atoms. The lowest BCUT2D eigenvalue weighted by molar-refractivity contribution is -0.130. The molecule has 4 heteroatoms. The van der Waals surface area contributed by atoms with Crippen LogP contribution in [0.1, 0.15) is 31.2 Å². The van der Waals surface area contributed by atoms with Crippen LogP contribution in [0.2, 0.25) is 0 Å². The van der Waals surface area contributed by atoms with Crippen molar-refractivity contribution in [1.82, 2.24) is 0 Å². The van der Waals surface area contributed by atoms with Gasteiger partial charge in [-0.1, -0.05) is 17.7 Å². The molecule has 1 aliphatic carbocycles. The zero-order valence-electron chi connectivity index (χ0n) is 11.0. The number of aliphatic carboxylic acids is 1. The lowest BCUT2D eigenvalue weighted by Gasteiger charge is -2.10. The van der Waals surface area contributed by atoms with E-state index in [-0.39, 0.29) is 6.79 Å². The molecule has 0 aromatic heterocycles. The molecule has 0 amide bonds. The number of carboxylic acids is 1. The van der Waals surface area contributed by atoms with Crippen LogP contribution in [-0.2, 0) is 9.53 Å². The molecule has 0 aliphatic heterocycles. The Labute approximate surface area is 112 Å². The lowest BCUT2D eigenvalue weighted by Crippen LogP contribution is -2.04. The molecular formula is C15H18O4. The first-order chi connectivity index (χ1) is 9.22. The van der Waals surface area contributed by atoms with E-state index in [4.69, 9.17) is 9.47 Å². The fraction of sp³-hybridized carbons (Fsp3) is 0.400. The van der Waals surface area contributed by atoms with Gasteiger partial charge in [-0.25, -0.2) is 4.79 Å². The molecule has 1 N–H and O–H groups in total. The van der Waals surface area contributed by atoms with Gasteiger partial charge in [0.25, 0.3) is 0 Å². The zero-order chi connectivity index (χ0) is 13.7. The Kier molecular flexibility index (Phi) is 4.58. The van der Waals surface area contributed by atoms with E-state index in [2.05, 4.69) is 0 Å². The van der Waals surface area contributed by atoms with E-state index in [0.717, 1.165) is 31.3 Å². The second-order valence-electron chi connectivity index (χ2n) is 4.57. The highest BCUT2D eigenvalue weighted by molar-refractivity contribution is 6.16. The highest BCUT2D eigenvalue weighted by Gasteiger charge is 2.19. The number of allylic oxidation sites excluding steroid dienone is 1. The summed E-state index contributed by atoms with van der Waals surface area (Å²) in [7, 11) is 1.55. The second kappa shape index (κ2) is 6.38. The molecule has 0 unspecified atom stereocenters. The van der Waals surface area contributed by atoms with Crippen molar-refractivity contribution in [2.75, 3.05) is 13.9 Å². The molecule has 0 atom stereocenters. The molecule has 1 aliphatic rings. The van der Waals surface area contributed by atoms with Crippen molar-refractivity contribution >= 4 is 11.5 Å². The van der Waals surface area contributed by atoms with Gasteiger partial charge in [0.1, 0.15) is 5.75 Å². The van der Waals surface area contributed by atoms with Gasteiger partial charge in [-0.2, -0.15) is 0 Å². The Balaban J connectivity index is 2.32. The molecule has 4 nitrogen and oxygen atoms in total. The monoisotopic (exact) mass is 262 g/mol. The summed E-state index contributed by atoms with van der Waals surface area (Å²) in [5.41, 5.74) is 2.18. The number of methoxy groups -OCH3 is 1. The normalized spacial score (nSPS) is 14.5. The third kappa shape index (κ3) is 3.35. The Bertz CT molecular complexity index is 483. The fourth-order valence-electron chi connectivity index (χ4n) is 2.40. The van der Waals surface area contributed by atoms with Crippen molar-refractivity contribution in [1.29, 1.82) is 0 Å². The molecule has 19 heavy (non-hydrogen) atoms. The highest BCUT2D eigenvalue weighted by Crippen LogP contribution is 2.33. The maximum Gasteiger partial charge on any atom is 0.336 e. The van der Waals surface area contributed by atoms with E-state index in [1.165, 1.54) is 0 Å². The summed E-state index contributed by atoms with van der Waals surface area (Å²) in [5, 5.41) is 9.43. The molecule has 0 bridgehead atoms. The van der Waals surface area contributed by atoms with E-state index in [0.29, 0.717) is 16.9 Å². The van der Waals surface area contributed by atoms with Gasteiger partial charge in [0.15, 0.2) is 6.79 Å². The van der Waals surface area contributed by atoms with Crippen molar-refractivity contribution < 1.29 is 19.4 Å². The number of hydrogen-bond acceptors (Lipinski definition) is 3. The highest BCUT2D eigenvalue weighted by atomic mass is 16.7. The van der Waals surface area contributed by atoms with Crippen LogP contribution in [0.4, 0.5) is 0 Å². The average Bonchev–Trinajstić information content (AvgIpc) is 2.90. The first-order valence-corrected chi connectivity index (χ1v) is 6.40. The first-order valence-electron chi connectivity index (χ1n) is 6.40. The molecule has 1 saturated carbocycles. The summed E-state index contributed by atoms with van der Waals surface area (Å²) >= 11 is 0. The maximum atomic E-state index is 11.5. The van der Waals surface area contributed by atoms with Gasteiger partial charge in [0, 0.05) is 7.11 Å². The van der Waals surface area contributed by atoms with Crippen LogP contribution in [0.5, 0.6) is 5.75 Å². The van der Waals surface area contributed by atoms with Gasteiger partial charge in [0.05, 0.1) is 5.57 Å². The van der Waals surface area contributed by atoms with Crippen LogP contribution >= 0.6 is 0 Å². The summed E-state index contributed by atoms with van der Waals surface area (Å²) in [6.07, 6.45) is 3.91. The number of benzene rings is 1. The molecule has 102 valence electrons. The summed E-state index contributed by atoms with van der Waals surface area (Å²) in [4.78, 5) is 11.5. The van der Waals surface area contributed by atoms with Crippen LogP contribution in [0.15, 0.2) is 29.8 Å². The van der Waals surface area contributed by atoms with E-state index in [1.54, 1.807) is 25.3 Å². The second-order valence-corrected chi connectivity index (χ2v) is 4.57. The van der Waals surface area contributed by atoms with Crippen molar-refractivity contribution in [3.05, 3.63) is 35.4 Å². The van der Waals surface area contributed by atoms with Crippen molar-refractivity contribution in [3.8, 4) is 5.75 Å². The molecule has 1 aromatic rings. The molecular weight excluding hydrogens is 244 g/mol. The number of carboxylic acid groups (broad SMARTS) is 1. The van der Waals surface area contributed by atoms with Gasteiger partial charge < -0.3 is 14.6 Å². The van der Waals surface area contributed by atoms with E-state index < -0.39 is 5.97 Å². The third-order valence-corrected chi connectivity index (χ3v) is 3.24. The molecule has 2 rings (SSSR count). The van der Waals surface area contributed by atoms with Crippen LogP contribution < -0.4 is 4.74 Å². The molecule has 0 heterocycles. The Morgan fingerprint density at radius 2 is 2.05 bits per heavy atom. The number of ether oxygens (including phenoxy) is 2. The predicted octanol–water partition coefficient (Wildman–Crippen LogP) is 3.08. The fourth-order valence-corrected chi connectivity index (χ4v) is 2.40. The van der Waals surface area contributed by atoms with Crippen LogP contribution in [0, 0.1) is 0 Å². The van der Waals surface area contributed by atoms with E-state index in [1.807, 2.05) is 6.07 Å². The van der Waals surface area contributed by atoms with Gasteiger partial charge >= 0.3 is 5.97 Å². The molecule has 0 saturated heterocycles. The van der Waals surface area contributed by atoms with Crippen molar-refractivity contribution in [2.24, 2.45) is 0 Å². The average molecular weight is 262 g/mol. The topological polar surface area (TPSA) is 55.8 Å². The summed E-state index contributed by atoms with van der Waals surface area (Å²) < 4.78 is 10.2. The lowest BCUT2D eigenvalue weighted by atomic mass is 9.98. The standard InChI is InChI=1S/C15H18O4/c1-18-10-19-13-8-4-7-12(9-13)14(15(16)17)11-5-2-3-6-11/h4,7-9H,2-3,5-6,10H2,1H3,(H,16,17). The number of rotatable bonds is 5. The minimum Gasteiger partial charge on any atom is -0.478 e. The van der Waals surface area contributed by atoms with Gasteiger partial charge in [-0.05, 0) is 43.4 Å². The summed E-state index contributed by atoms with van der Waals surface area (Å²) in [6, 6.07) is 7.17. The quantitative estimate of drug-likeness (QED) is 0.654. The van der Waals surface area contributed by atoms with Crippen LogP contribution in [0.25, 0.3) is 5.57 Å². The molecule has 0 radical (unpaired) electrons. The Morgan fingerprint density at radius 1 is 1.32 bits per heavy atom. The smallest absolute Gasteiger partial charge is 0.336 e. The van der Waals surface area contributed by atoms with E-state index in [9.17, 15) is 9.90 Å². The summed E-state index contributed by atoms with van der Waals surface area (Å²) in [5.74, 6) is -0.238. The number of hydrogen-bond donors (Lipinski definition) is 1. The minimum atomic E-state index is -0.860. The van der Waals surface area contributed by atoms with E-state index >= 15 is 0 Å². The van der Waals surface area contributed by atoms with Crippen LogP contribution in [0.3, 0.4) is 0 Å². The summed E-state index contributed by atoms with van der Waals surface area (Å²) in [6.45, 7) is 0.155. The molecule has 1 fully saturated rings. The van der Waals surface area contributed by atoms with Gasteiger partial charge in [-0.3, -0.25) is 0 Å². The predicted molar refractivity (Wildman–Crippen MR) is 72.0 cm³/mol. The van der Waals surface area contributed by atoms with Gasteiger partial charge in [0.2, 0.25) is 0 Å². The zero-order valence-corrected chi connectivity index (χ0v) is 11.0. The third-order valence-electron chi connectivity index (χ3n) is 3.24. The Morgan fingerprint density at radius 3 is 2.68 bits per heavy atom. The molecule has 1 aromatic carbocycles.